The van der Waals surface area contributed by atoms with Gasteiger partial charge in [0.15, 0.2) is 0 Å². The van der Waals surface area contributed by atoms with E-state index in [2.05, 4.69) is 36.1 Å². The molecule has 0 bridgehead atoms. The minimum Gasteiger partial charge on any atom is -0.390 e. The first kappa shape index (κ1) is 12.3. The van der Waals surface area contributed by atoms with Crippen molar-refractivity contribution in [2.75, 3.05) is 5.32 Å². The fourth-order valence-electron chi connectivity index (χ4n) is 2.16. The Morgan fingerprint density at radius 3 is 2.59 bits per heavy atom. The Labute approximate surface area is 105 Å². The smallest absolute Gasteiger partial charge is 0.129 e. The zero-order valence-electron chi connectivity index (χ0n) is 11.0. The summed E-state index contributed by atoms with van der Waals surface area (Å²) >= 11 is 0. The summed E-state index contributed by atoms with van der Waals surface area (Å²) in [5, 5.41) is 13.0. The molecule has 0 aliphatic heterocycles. The Balaban J connectivity index is 0.00000162. The van der Waals surface area contributed by atoms with Gasteiger partial charge in [0.2, 0.25) is 0 Å². The molecule has 1 aliphatic carbocycles. The van der Waals surface area contributed by atoms with Crippen LogP contribution in [-0.2, 0) is 5.41 Å². The Morgan fingerprint density at radius 2 is 2.06 bits per heavy atom. The third kappa shape index (κ3) is 2.94. The normalized spacial score (nSPS) is 28.6. The molecule has 0 aromatic carbocycles. The van der Waals surface area contributed by atoms with E-state index >= 15 is 0 Å². The van der Waals surface area contributed by atoms with Crippen molar-refractivity contribution in [3.63, 3.8) is 0 Å². The van der Waals surface area contributed by atoms with Gasteiger partial charge in [0.05, 0.1) is 11.3 Å². The molecule has 17 heavy (non-hydrogen) atoms. The number of nitrogens with one attached hydrogen (secondary N) is 1. The summed E-state index contributed by atoms with van der Waals surface area (Å²) in [5.41, 5.74) is 0.559. The van der Waals surface area contributed by atoms with Gasteiger partial charge in [0.1, 0.15) is 12.1 Å². The summed E-state index contributed by atoms with van der Waals surface area (Å²) in [6, 6.07) is 2.32. The van der Waals surface area contributed by atoms with Crippen LogP contribution in [0.25, 0.3) is 0 Å². The minimum absolute atomic E-state index is 0. The summed E-state index contributed by atoms with van der Waals surface area (Å²) in [5.74, 6) is 0.852. The third-order valence-corrected chi connectivity index (χ3v) is 3.16. The largest absolute Gasteiger partial charge is 0.390 e. The second kappa shape index (κ2) is 3.95. The van der Waals surface area contributed by atoms with Crippen molar-refractivity contribution in [2.24, 2.45) is 0 Å². The van der Waals surface area contributed by atoms with Crippen molar-refractivity contribution in [3.05, 3.63) is 18.1 Å². The van der Waals surface area contributed by atoms with Gasteiger partial charge in [-0.1, -0.05) is 20.8 Å². The van der Waals surface area contributed by atoms with Crippen molar-refractivity contribution in [1.82, 2.24) is 9.97 Å². The van der Waals surface area contributed by atoms with Gasteiger partial charge in [0, 0.05) is 20.4 Å². The molecule has 1 aliphatic rings. The highest BCUT2D eigenvalue weighted by Crippen LogP contribution is 2.33. The molecule has 0 radical (unpaired) electrons. The van der Waals surface area contributed by atoms with E-state index < -0.39 is 5.60 Å². The number of hydrogen-bond acceptors (Lipinski definition) is 4. The minimum atomic E-state index is -0.502. The van der Waals surface area contributed by atoms with Crippen molar-refractivity contribution < 1.29 is 7.96 Å². The molecule has 1 aromatic rings. The molecule has 0 unspecified atom stereocenters. The fourth-order valence-corrected chi connectivity index (χ4v) is 2.16. The van der Waals surface area contributed by atoms with Crippen LogP contribution in [0.4, 0.5) is 5.82 Å². The lowest BCUT2D eigenvalue weighted by Gasteiger charge is -2.41. The molecule has 2 rings (SSSR count). The van der Waals surface area contributed by atoms with E-state index in [1.165, 1.54) is 0 Å². The molecular weight excluding hydrogens is 214 g/mol. The summed E-state index contributed by atoms with van der Waals surface area (Å²) in [4.78, 5) is 8.51. The van der Waals surface area contributed by atoms with Crippen LogP contribution >= 0.6 is 0 Å². The van der Waals surface area contributed by atoms with Crippen LogP contribution in [0.15, 0.2) is 12.4 Å². The van der Waals surface area contributed by atoms with Crippen molar-refractivity contribution >= 4 is 5.82 Å². The van der Waals surface area contributed by atoms with Crippen molar-refractivity contribution in [3.8, 4) is 0 Å². The Bertz CT molecular complexity index is 411. The molecule has 0 saturated heterocycles. The molecule has 0 amide bonds. The molecular formula is C13H25N3O. The van der Waals surface area contributed by atoms with Crippen LogP contribution < -0.4 is 5.32 Å². The Kier molecular flexibility index (Phi) is 2.86. The maximum atomic E-state index is 9.67. The highest BCUT2D eigenvalue weighted by molar-refractivity contribution is 5.38. The molecule has 0 atom stereocenters. The van der Waals surface area contributed by atoms with Gasteiger partial charge in [-0.2, -0.15) is 0 Å². The second-order valence-electron chi connectivity index (χ2n) is 6.28. The van der Waals surface area contributed by atoms with Crippen LogP contribution in [0.1, 0.15) is 49.1 Å². The number of nitrogens with zero attached hydrogens (tertiary/aromatic N) is 2. The summed E-state index contributed by atoms with van der Waals surface area (Å²) in [6.07, 6.45) is 3.16. The van der Waals surface area contributed by atoms with E-state index in [4.69, 9.17) is 0 Å². The summed E-state index contributed by atoms with van der Waals surface area (Å²) in [7, 11) is 0. The van der Waals surface area contributed by atoms with E-state index in [9.17, 15) is 5.11 Å². The molecule has 2 N–H and O–H groups in total. The Hall–Kier alpha value is -1.16. The second-order valence-corrected chi connectivity index (χ2v) is 6.28. The first-order valence-electron chi connectivity index (χ1n) is 6.08. The zero-order valence-corrected chi connectivity index (χ0v) is 11.0. The topological polar surface area (TPSA) is 58.0 Å². The van der Waals surface area contributed by atoms with Crippen LogP contribution in [0, 0.1) is 0 Å². The van der Waals surface area contributed by atoms with Gasteiger partial charge in [-0.05, 0) is 19.8 Å². The zero-order chi connectivity index (χ0) is 12.7. The SMILES string of the molecule is CC1(O)CC(Nc2cc(C(C)(C)C)ncn2)C1.[HH].[HH]. The molecule has 1 saturated carbocycles. The standard InChI is InChI=1S/C13H21N3O.2H2/c1-12(2,3)10-5-11(15-8-14-10)16-9-6-13(4,17)7-9;;/h5,8-9,17H,6-7H2,1-4H3,(H,14,15,16);2*1H. The Morgan fingerprint density at radius 1 is 1.41 bits per heavy atom. The van der Waals surface area contributed by atoms with E-state index in [-0.39, 0.29) is 8.27 Å². The van der Waals surface area contributed by atoms with E-state index in [1.54, 1.807) is 6.33 Å². The number of hydrogen-bond donors (Lipinski definition) is 2. The molecule has 4 nitrogen and oxygen atoms in total. The molecule has 1 heterocycles. The number of aromatic nitrogens is 2. The molecule has 1 fully saturated rings. The highest BCUT2D eigenvalue weighted by atomic mass is 16.3. The predicted octanol–water partition coefficient (Wildman–Crippen LogP) is 2.59. The fraction of sp³-hybridized carbons (Fsp3) is 0.692. The molecule has 4 heteroatoms. The van der Waals surface area contributed by atoms with Gasteiger partial charge in [-0.25, -0.2) is 9.97 Å². The monoisotopic (exact) mass is 239 g/mol. The van der Waals surface area contributed by atoms with Crippen LogP contribution in [0.2, 0.25) is 0 Å². The average Bonchev–Trinajstić information content (AvgIpc) is 2.14. The maximum absolute atomic E-state index is 9.67. The van der Waals surface area contributed by atoms with Gasteiger partial charge in [-0.3, -0.25) is 0 Å². The number of aliphatic hydroxyl groups is 1. The molecule has 0 spiro atoms. The van der Waals surface area contributed by atoms with Gasteiger partial charge in [-0.15, -0.1) is 0 Å². The third-order valence-electron chi connectivity index (χ3n) is 3.16. The summed E-state index contributed by atoms with van der Waals surface area (Å²) in [6.45, 7) is 8.26. The average molecular weight is 239 g/mol. The van der Waals surface area contributed by atoms with Crippen molar-refractivity contribution in [1.29, 1.82) is 0 Å². The van der Waals surface area contributed by atoms with Crippen molar-refractivity contribution in [2.45, 2.75) is 57.6 Å². The van der Waals surface area contributed by atoms with Crippen LogP contribution in [0.3, 0.4) is 0 Å². The molecule has 98 valence electrons. The first-order valence-corrected chi connectivity index (χ1v) is 6.08. The predicted molar refractivity (Wildman–Crippen MR) is 72.2 cm³/mol. The lowest BCUT2D eigenvalue weighted by molar-refractivity contribution is -0.0235. The highest BCUT2D eigenvalue weighted by Gasteiger charge is 2.38. The lowest BCUT2D eigenvalue weighted by Crippen LogP contribution is -2.48. The van der Waals surface area contributed by atoms with E-state index in [0.29, 0.717) is 6.04 Å². The lowest BCUT2D eigenvalue weighted by atomic mass is 9.77. The quantitative estimate of drug-likeness (QED) is 0.833. The van der Waals surface area contributed by atoms with Gasteiger partial charge in [0.25, 0.3) is 0 Å². The van der Waals surface area contributed by atoms with Crippen LogP contribution in [0.5, 0.6) is 0 Å². The number of rotatable bonds is 2. The van der Waals surface area contributed by atoms with E-state index in [1.807, 2.05) is 13.0 Å². The first-order chi connectivity index (χ1) is 7.76. The number of anilines is 1. The maximum Gasteiger partial charge on any atom is 0.129 e. The van der Waals surface area contributed by atoms with Gasteiger partial charge >= 0.3 is 0 Å². The van der Waals surface area contributed by atoms with Crippen LogP contribution in [-0.4, -0.2) is 26.7 Å². The summed E-state index contributed by atoms with van der Waals surface area (Å²) < 4.78 is 0. The molecule has 1 aromatic heterocycles. The van der Waals surface area contributed by atoms with Gasteiger partial charge < -0.3 is 10.4 Å². The van der Waals surface area contributed by atoms with E-state index in [0.717, 1.165) is 24.4 Å².